The Bertz CT molecular complexity index is 64.3. The van der Waals surface area contributed by atoms with Crippen molar-refractivity contribution in [3.05, 3.63) is 4.91 Å². The van der Waals surface area contributed by atoms with Crippen molar-refractivity contribution in [3.63, 3.8) is 0 Å². The quantitative estimate of drug-likeness (QED) is 0.242. The molecule has 0 radical (unpaired) electrons. The van der Waals surface area contributed by atoms with E-state index in [2.05, 4.69) is 9.88 Å². The van der Waals surface area contributed by atoms with Crippen LogP contribution in [0.25, 0.3) is 0 Å². The van der Waals surface area contributed by atoms with Crippen molar-refractivity contribution in [2.45, 2.75) is 13.8 Å². The molecule has 0 atom stereocenters. The summed E-state index contributed by atoms with van der Waals surface area (Å²) in [6.07, 6.45) is 0. The van der Waals surface area contributed by atoms with Crippen LogP contribution < -0.4 is 0 Å². The van der Waals surface area contributed by atoms with Gasteiger partial charge in [0.05, 0.1) is 6.61 Å². The standard InChI is InChI=1S/C4H9NO3/c1-4(2)3-7-8-5-6/h4H,3H2,1-2H3. The fourth-order valence-electron chi connectivity index (χ4n) is 0.188. The van der Waals surface area contributed by atoms with Gasteiger partial charge in [-0.15, -0.1) is 4.91 Å². The van der Waals surface area contributed by atoms with Crippen LogP contribution in [-0.2, 0) is 9.88 Å². The lowest BCUT2D eigenvalue weighted by Crippen LogP contribution is -1.99. The van der Waals surface area contributed by atoms with Crippen LogP contribution in [0.15, 0.2) is 5.34 Å². The zero-order valence-electron chi connectivity index (χ0n) is 4.96. The molecule has 0 fully saturated rings. The number of rotatable bonds is 4. The van der Waals surface area contributed by atoms with Crippen molar-refractivity contribution in [2.75, 3.05) is 6.61 Å². The van der Waals surface area contributed by atoms with Gasteiger partial charge in [0, 0.05) is 0 Å². The molecule has 48 valence electrons. The summed E-state index contributed by atoms with van der Waals surface area (Å²) in [5, 5.41) is 2.04. The van der Waals surface area contributed by atoms with Gasteiger partial charge in [-0.2, -0.15) is 9.88 Å². The van der Waals surface area contributed by atoms with Crippen LogP contribution in [0.3, 0.4) is 0 Å². The molecule has 0 aliphatic rings. The molecule has 0 rings (SSSR count). The van der Waals surface area contributed by atoms with Crippen molar-refractivity contribution in [1.82, 2.24) is 0 Å². The molecule has 0 spiro atoms. The molecule has 0 aromatic rings. The maximum absolute atomic E-state index is 9.19. The molecule has 0 N–H and O–H groups in total. The molecule has 0 aromatic carbocycles. The first-order valence-corrected chi connectivity index (χ1v) is 2.38. The van der Waals surface area contributed by atoms with Gasteiger partial charge >= 0.3 is 0 Å². The Labute approximate surface area is 47.6 Å². The molecule has 0 saturated carbocycles. The molecular weight excluding hydrogens is 110 g/mol. The third-order valence-electron chi connectivity index (χ3n) is 0.485. The lowest BCUT2D eigenvalue weighted by atomic mass is 10.2. The van der Waals surface area contributed by atoms with Gasteiger partial charge in [-0.25, -0.2) is 0 Å². The third-order valence-corrected chi connectivity index (χ3v) is 0.485. The van der Waals surface area contributed by atoms with Crippen molar-refractivity contribution >= 4 is 0 Å². The minimum Gasteiger partial charge on any atom is -0.181 e. The summed E-state index contributed by atoms with van der Waals surface area (Å²) >= 11 is 0. The van der Waals surface area contributed by atoms with Crippen LogP contribution in [0.4, 0.5) is 0 Å². The summed E-state index contributed by atoms with van der Waals surface area (Å²) in [7, 11) is 0. The molecule has 0 saturated heterocycles. The second kappa shape index (κ2) is 4.52. The van der Waals surface area contributed by atoms with Gasteiger partial charge in [0.25, 0.3) is 0 Å². The van der Waals surface area contributed by atoms with Gasteiger partial charge < -0.3 is 0 Å². The molecule has 8 heavy (non-hydrogen) atoms. The molecule has 4 heteroatoms. The molecule has 4 nitrogen and oxygen atoms in total. The van der Waals surface area contributed by atoms with Crippen LogP contribution in [0.2, 0.25) is 0 Å². The smallest absolute Gasteiger partial charge is 0.181 e. The average molecular weight is 119 g/mol. The maximum atomic E-state index is 9.19. The van der Waals surface area contributed by atoms with E-state index in [9.17, 15) is 4.91 Å². The van der Waals surface area contributed by atoms with E-state index >= 15 is 0 Å². The van der Waals surface area contributed by atoms with Crippen LogP contribution in [0, 0.1) is 10.8 Å². The summed E-state index contributed by atoms with van der Waals surface area (Å²) in [5.41, 5.74) is 0. The lowest BCUT2D eigenvalue weighted by Gasteiger charge is -1.97. The van der Waals surface area contributed by atoms with Gasteiger partial charge in [0.1, 0.15) is 0 Å². The van der Waals surface area contributed by atoms with E-state index in [0.29, 0.717) is 12.5 Å². The van der Waals surface area contributed by atoms with E-state index in [4.69, 9.17) is 0 Å². The highest BCUT2D eigenvalue weighted by molar-refractivity contribution is 4.34. The Morgan fingerprint density at radius 3 is 2.62 bits per heavy atom. The molecule has 0 aromatic heterocycles. The molecule has 0 aliphatic heterocycles. The fraction of sp³-hybridized carbons (Fsp3) is 1.00. The van der Waals surface area contributed by atoms with Gasteiger partial charge in [0.2, 0.25) is 0 Å². The predicted molar refractivity (Wildman–Crippen MR) is 27.7 cm³/mol. The normalized spacial score (nSPS) is 9.38. The van der Waals surface area contributed by atoms with Gasteiger partial charge in [-0.1, -0.05) is 13.8 Å². The number of hydrogen-bond donors (Lipinski definition) is 0. The van der Waals surface area contributed by atoms with Crippen molar-refractivity contribution < 1.29 is 9.88 Å². The van der Waals surface area contributed by atoms with Crippen LogP contribution in [0.1, 0.15) is 13.8 Å². The molecule has 0 amide bonds. The topological polar surface area (TPSA) is 47.9 Å². The molecule has 0 aliphatic carbocycles. The second-order valence-electron chi connectivity index (χ2n) is 1.83. The van der Waals surface area contributed by atoms with Crippen LogP contribution >= 0.6 is 0 Å². The maximum Gasteiger partial charge on any atom is 0.190 e. The average Bonchev–Trinajstić information content (AvgIpc) is 1.66. The molecular formula is C4H9NO3. The summed E-state index contributed by atoms with van der Waals surface area (Å²) in [6, 6.07) is 0. The SMILES string of the molecule is CC(C)COON=O. The Balaban J connectivity index is 2.81. The van der Waals surface area contributed by atoms with Crippen LogP contribution in [-0.4, -0.2) is 6.61 Å². The Hall–Kier alpha value is -0.640. The monoisotopic (exact) mass is 119 g/mol. The number of hydrogen-bond acceptors (Lipinski definition) is 4. The van der Waals surface area contributed by atoms with E-state index in [1.807, 2.05) is 19.2 Å². The highest BCUT2D eigenvalue weighted by Gasteiger charge is 1.92. The summed E-state index contributed by atoms with van der Waals surface area (Å²) in [5.74, 6) is 0.358. The Morgan fingerprint density at radius 1 is 1.62 bits per heavy atom. The summed E-state index contributed by atoms with van der Waals surface area (Å²) in [6.45, 7) is 4.27. The summed E-state index contributed by atoms with van der Waals surface area (Å²) < 4.78 is 0. The zero-order chi connectivity index (χ0) is 6.41. The largest absolute Gasteiger partial charge is 0.190 e. The highest BCUT2D eigenvalue weighted by atomic mass is 17.3. The van der Waals surface area contributed by atoms with E-state index in [-0.39, 0.29) is 0 Å². The molecule has 0 heterocycles. The molecule has 0 bridgehead atoms. The predicted octanol–water partition coefficient (Wildman–Crippen LogP) is 1.27. The van der Waals surface area contributed by atoms with E-state index < -0.39 is 0 Å². The zero-order valence-corrected chi connectivity index (χ0v) is 4.96. The second-order valence-corrected chi connectivity index (χ2v) is 1.83. The van der Waals surface area contributed by atoms with E-state index in [1.54, 1.807) is 0 Å². The minimum atomic E-state index is 0.358. The van der Waals surface area contributed by atoms with Crippen LogP contribution in [0.5, 0.6) is 0 Å². The third kappa shape index (κ3) is 5.36. The van der Waals surface area contributed by atoms with Crippen molar-refractivity contribution in [3.8, 4) is 0 Å². The lowest BCUT2D eigenvalue weighted by molar-refractivity contribution is -0.302. The molecule has 0 unspecified atom stereocenters. The Kier molecular flexibility index (Phi) is 4.16. The van der Waals surface area contributed by atoms with Gasteiger partial charge in [-0.3, -0.25) is 0 Å². The van der Waals surface area contributed by atoms with Crippen molar-refractivity contribution in [1.29, 1.82) is 0 Å². The van der Waals surface area contributed by atoms with Gasteiger partial charge in [0.15, 0.2) is 5.34 Å². The number of nitrogens with zero attached hydrogens (tertiary/aromatic N) is 1. The van der Waals surface area contributed by atoms with Crippen molar-refractivity contribution in [2.24, 2.45) is 11.3 Å². The first-order valence-electron chi connectivity index (χ1n) is 2.38. The first kappa shape index (κ1) is 7.36. The van der Waals surface area contributed by atoms with E-state index in [0.717, 1.165) is 0 Å². The first-order chi connectivity index (χ1) is 3.77. The fourth-order valence-corrected chi connectivity index (χ4v) is 0.188. The Morgan fingerprint density at radius 2 is 2.25 bits per heavy atom. The highest BCUT2D eigenvalue weighted by Crippen LogP contribution is 1.91. The summed E-state index contributed by atoms with van der Waals surface area (Å²) in [4.78, 5) is 17.2. The minimum absolute atomic E-state index is 0.358. The van der Waals surface area contributed by atoms with Gasteiger partial charge in [-0.05, 0) is 5.92 Å². The van der Waals surface area contributed by atoms with E-state index in [1.165, 1.54) is 0 Å².